The molecule has 3 rings (SSSR count). The van der Waals surface area contributed by atoms with Crippen molar-refractivity contribution in [2.75, 3.05) is 37.0 Å². The van der Waals surface area contributed by atoms with Gasteiger partial charge in [0.2, 0.25) is 0 Å². The number of piperazine rings is 1. The standard InChI is InChI=1S/C19H19Cl2FN4O/c20-12-18(23)24-16-11-13(21)5-6-17(16)25-7-9-26(10-8-25)19(27)14-3-1-2-4-15(14)22/h1-6,11H,7-10,12H2,(H2,23,24). The molecule has 27 heavy (non-hydrogen) atoms. The summed E-state index contributed by atoms with van der Waals surface area (Å²) < 4.78 is 13.9. The Kier molecular flexibility index (Phi) is 6.19. The van der Waals surface area contributed by atoms with Gasteiger partial charge in [-0.3, -0.25) is 4.79 Å². The van der Waals surface area contributed by atoms with E-state index in [1.165, 1.54) is 12.1 Å². The maximum Gasteiger partial charge on any atom is 0.256 e. The van der Waals surface area contributed by atoms with Crippen LogP contribution in [-0.2, 0) is 0 Å². The van der Waals surface area contributed by atoms with Gasteiger partial charge in [-0.15, -0.1) is 11.6 Å². The molecule has 8 heteroatoms. The summed E-state index contributed by atoms with van der Waals surface area (Å²) in [7, 11) is 0. The molecule has 1 heterocycles. The van der Waals surface area contributed by atoms with Crippen LogP contribution in [0.25, 0.3) is 0 Å². The van der Waals surface area contributed by atoms with Crippen LogP contribution in [0.4, 0.5) is 15.8 Å². The zero-order valence-corrected chi connectivity index (χ0v) is 16.0. The van der Waals surface area contributed by atoms with Gasteiger partial charge in [-0.25, -0.2) is 9.38 Å². The Bertz CT molecular complexity index is 867. The molecule has 2 N–H and O–H groups in total. The first-order valence-electron chi connectivity index (χ1n) is 8.47. The summed E-state index contributed by atoms with van der Waals surface area (Å²) in [6.45, 7) is 2.13. The molecule has 2 aromatic carbocycles. The van der Waals surface area contributed by atoms with Crippen LogP contribution < -0.4 is 10.6 Å². The van der Waals surface area contributed by atoms with Gasteiger partial charge in [0.05, 0.1) is 22.8 Å². The molecule has 1 aliphatic heterocycles. The molecule has 142 valence electrons. The molecule has 0 unspecified atom stereocenters. The number of aliphatic imine (C=N–C) groups is 1. The fraction of sp³-hybridized carbons (Fsp3) is 0.263. The number of anilines is 1. The number of amides is 1. The van der Waals surface area contributed by atoms with Crippen molar-refractivity contribution < 1.29 is 9.18 Å². The van der Waals surface area contributed by atoms with Gasteiger partial charge in [-0.1, -0.05) is 23.7 Å². The van der Waals surface area contributed by atoms with Crippen LogP contribution in [0.1, 0.15) is 10.4 Å². The molecule has 0 aromatic heterocycles. The number of benzene rings is 2. The largest absolute Gasteiger partial charge is 0.386 e. The lowest BCUT2D eigenvalue weighted by molar-refractivity contribution is 0.0742. The van der Waals surface area contributed by atoms with Crippen LogP contribution in [0.5, 0.6) is 0 Å². The summed E-state index contributed by atoms with van der Waals surface area (Å²) in [4.78, 5) is 20.6. The summed E-state index contributed by atoms with van der Waals surface area (Å²) in [5.74, 6) is -0.380. The Labute approximate surface area is 167 Å². The predicted molar refractivity (Wildman–Crippen MR) is 108 cm³/mol. The van der Waals surface area contributed by atoms with Crippen LogP contribution in [0.2, 0.25) is 5.02 Å². The molecule has 1 fully saturated rings. The highest BCUT2D eigenvalue weighted by atomic mass is 35.5. The number of nitrogens with two attached hydrogens (primary N) is 1. The monoisotopic (exact) mass is 408 g/mol. The molecule has 0 bridgehead atoms. The van der Waals surface area contributed by atoms with Gasteiger partial charge in [0.1, 0.15) is 11.7 Å². The number of carbonyl (C=O) groups excluding carboxylic acids is 1. The topological polar surface area (TPSA) is 61.9 Å². The number of hydrogen-bond acceptors (Lipinski definition) is 3. The Morgan fingerprint density at radius 2 is 1.85 bits per heavy atom. The first-order chi connectivity index (χ1) is 13.0. The second kappa shape index (κ2) is 8.59. The molecule has 0 radical (unpaired) electrons. The van der Waals surface area contributed by atoms with Crippen molar-refractivity contribution in [2.45, 2.75) is 0 Å². The fourth-order valence-corrected chi connectivity index (χ4v) is 3.22. The molecule has 5 nitrogen and oxygen atoms in total. The molecule has 1 aliphatic rings. The van der Waals surface area contributed by atoms with Gasteiger partial charge < -0.3 is 15.5 Å². The first-order valence-corrected chi connectivity index (χ1v) is 9.38. The third kappa shape index (κ3) is 4.51. The van der Waals surface area contributed by atoms with E-state index in [1.54, 1.807) is 29.2 Å². The van der Waals surface area contributed by atoms with Crippen LogP contribution in [0.3, 0.4) is 0 Å². The molecule has 2 aromatic rings. The van der Waals surface area contributed by atoms with Crippen LogP contribution in [0, 0.1) is 5.82 Å². The molecule has 0 atom stereocenters. The van der Waals surface area contributed by atoms with Crippen molar-refractivity contribution in [3.63, 3.8) is 0 Å². The van der Waals surface area contributed by atoms with Gasteiger partial charge in [0.15, 0.2) is 0 Å². The third-order valence-corrected chi connectivity index (χ3v) is 4.86. The van der Waals surface area contributed by atoms with Crippen molar-refractivity contribution in [2.24, 2.45) is 10.7 Å². The minimum atomic E-state index is -0.504. The first kappa shape index (κ1) is 19.5. The highest BCUT2D eigenvalue weighted by Crippen LogP contribution is 2.32. The number of hydrogen-bond donors (Lipinski definition) is 1. The van der Waals surface area contributed by atoms with E-state index in [1.807, 2.05) is 6.07 Å². The summed E-state index contributed by atoms with van der Waals surface area (Å²) >= 11 is 11.8. The second-order valence-electron chi connectivity index (χ2n) is 6.13. The van der Waals surface area contributed by atoms with Gasteiger partial charge >= 0.3 is 0 Å². The molecule has 1 saturated heterocycles. The molecule has 0 aliphatic carbocycles. The normalized spacial score (nSPS) is 15.1. The molecule has 1 amide bonds. The van der Waals surface area contributed by atoms with Gasteiger partial charge in [-0.05, 0) is 30.3 Å². The minimum absolute atomic E-state index is 0.0950. The number of carbonyl (C=O) groups is 1. The van der Waals surface area contributed by atoms with E-state index in [9.17, 15) is 9.18 Å². The van der Waals surface area contributed by atoms with Crippen molar-refractivity contribution in [3.05, 3.63) is 58.9 Å². The second-order valence-corrected chi connectivity index (χ2v) is 6.83. The molecular formula is C19H19Cl2FN4O. The zero-order chi connectivity index (χ0) is 19.4. The Morgan fingerprint density at radius 3 is 2.52 bits per heavy atom. The van der Waals surface area contributed by atoms with Crippen LogP contribution in [-0.4, -0.2) is 48.7 Å². The third-order valence-electron chi connectivity index (χ3n) is 4.35. The van der Waals surface area contributed by atoms with E-state index in [-0.39, 0.29) is 17.4 Å². The summed E-state index contributed by atoms with van der Waals surface area (Å²) in [6, 6.07) is 11.4. The molecular weight excluding hydrogens is 390 g/mol. The van der Waals surface area contributed by atoms with Crippen molar-refractivity contribution >= 4 is 46.3 Å². The fourth-order valence-electron chi connectivity index (χ4n) is 2.99. The average Bonchev–Trinajstić information content (AvgIpc) is 2.68. The Balaban J connectivity index is 1.75. The van der Waals surface area contributed by atoms with Gasteiger partial charge in [0, 0.05) is 31.2 Å². The van der Waals surface area contributed by atoms with E-state index < -0.39 is 5.82 Å². The number of halogens is 3. The van der Waals surface area contributed by atoms with E-state index in [0.29, 0.717) is 42.7 Å². The van der Waals surface area contributed by atoms with Crippen molar-refractivity contribution in [3.8, 4) is 0 Å². The van der Waals surface area contributed by atoms with Gasteiger partial charge in [0.25, 0.3) is 5.91 Å². The quantitative estimate of drug-likeness (QED) is 0.476. The SMILES string of the molecule is NC(CCl)=Nc1cc(Cl)ccc1N1CCN(C(=O)c2ccccc2F)CC1. The highest BCUT2D eigenvalue weighted by molar-refractivity contribution is 6.31. The summed E-state index contributed by atoms with van der Waals surface area (Å²) in [5.41, 5.74) is 7.36. The minimum Gasteiger partial charge on any atom is -0.386 e. The Morgan fingerprint density at radius 1 is 1.15 bits per heavy atom. The van der Waals surface area contributed by atoms with Crippen LogP contribution >= 0.6 is 23.2 Å². The van der Waals surface area contributed by atoms with E-state index in [2.05, 4.69) is 9.89 Å². The maximum absolute atomic E-state index is 13.9. The number of rotatable bonds is 4. The molecule has 0 spiro atoms. The smallest absolute Gasteiger partial charge is 0.256 e. The maximum atomic E-state index is 13.9. The lowest BCUT2D eigenvalue weighted by Crippen LogP contribution is -2.49. The number of nitrogens with zero attached hydrogens (tertiary/aromatic N) is 3. The van der Waals surface area contributed by atoms with Crippen molar-refractivity contribution in [1.29, 1.82) is 0 Å². The number of alkyl halides is 1. The summed E-state index contributed by atoms with van der Waals surface area (Å²) in [5, 5.41) is 0.549. The van der Waals surface area contributed by atoms with Crippen LogP contribution in [0.15, 0.2) is 47.5 Å². The number of amidine groups is 1. The van der Waals surface area contributed by atoms with Crippen molar-refractivity contribution in [1.82, 2.24) is 4.90 Å². The lowest BCUT2D eigenvalue weighted by Gasteiger charge is -2.36. The highest BCUT2D eigenvalue weighted by Gasteiger charge is 2.25. The zero-order valence-electron chi connectivity index (χ0n) is 14.5. The lowest BCUT2D eigenvalue weighted by atomic mass is 10.1. The summed E-state index contributed by atoms with van der Waals surface area (Å²) in [6.07, 6.45) is 0. The predicted octanol–water partition coefficient (Wildman–Crippen LogP) is 3.67. The van der Waals surface area contributed by atoms with E-state index >= 15 is 0 Å². The molecule has 0 saturated carbocycles. The van der Waals surface area contributed by atoms with Gasteiger partial charge in [-0.2, -0.15) is 0 Å². The average molecular weight is 409 g/mol. The van der Waals surface area contributed by atoms with E-state index in [0.717, 1.165) is 5.69 Å². The van der Waals surface area contributed by atoms with E-state index in [4.69, 9.17) is 28.9 Å². The Hall–Kier alpha value is -2.31.